The largest absolute Gasteiger partial charge is 0.353 e. The molecule has 0 radical (unpaired) electrons. The van der Waals surface area contributed by atoms with Crippen molar-refractivity contribution in [2.75, 3.05) is 6.54 Å². The number of thiazole rings is 1. The molecule has 128 valence electrons. The fourth-order valence-corrected chi connectivity index (χ4v) is 4.56. The van der Waals surface area contributed by atoms with Crippen molar-refractivity contribution in [1.82, 2.24) is 24.8 Å². The van der Waals surface area contributed by atoms with Gasteiger partial charge in [0.05, 0.1) is 30.2 Å². The lowest BCUT2D eigenvalue weighted by Gasteiger charge is -2.32. The number of aromatic nitrogens is 3. The first kappa shape index (κ1) is 15.8. The molecule has 1 aliphatic heterocycles. The Labute approximate surface area is 145 Å². The Morgan fingerprint density at radius 3 is 2.96 bits per heavy atom. The minimum atomic E-state index is -0.151. The van der Waals surface area contributed by atoms with Crippen LogP contribution in [0.2, 0.25) is 0 Å². The zero-order valence-corrected chi connectivity index (χ0v) is 14.8. The summed E-state index contributed by atoms with van der Waals surface area (Å²) in [5.41, 5.74) is 2.09. The Kier molecular flexibility index (Phi) is 4.37. The van der Waals surface area contributed by atoms with Crippen LogP contribution in [-0.2, 0) is 24.9 Å². The van der Waals surface area contributed by atoms with Crippen LogP contribution in [0.5, 0.6) is 0 Å². The van der Waals surface area contributed by atoms with E-state index < -0.39 is 0 Å². The summed E-state index contributed by atoms with van der Waals surface area (Å²) >= 11 is 1.66. The van der Waals surface area contributed by atoms with Gasteiger partial charge in [0.1, 0.15) is 5.01 Å². The van der Waals surface area contributed by atoms with Gasteiger partial charge in [-0.25, -0.2) is 9.97 Å². The molecule has 1 amide bonds. The van der Waals surface area contributed by atoms with Crippen molar-refractivity contribution in [3.8, 4) is 0 Å². The number of imidazole rings is 1. The molecule has 0 spiro atoms. The molecule has 2 aliphatic rings. The first-order chi connectivity index (χ1) is 11.7. The Morgan fingerprint density at radius 2 is 2.21 bits per heavy atom. The summed E-state index contributed by atoms with van der Waals surface area (Å²) in [5, 5.41) is 6.35. The van der Waals surface area contributed by atoms with Gasteiger partial charge < -0.3 is 9.88 Å². The van der Waals surface area contributed by atoms with Gasteiger partial charge in [-0.15, -0.1) is 11.3 Å². The van der Waals surface area contributed by atoms with E-state index in [-0.39, 0.29) is 11.8 Å². The number of hydrogen-bond acceptors (Lipinski definition) is 5. The molecule has 1 aliphatic carbocycles. The lowest BCUT2D eigenvalue weighted by atomic mass is 9.96. The lowest BCUT2D eigenvalue weighted by molar-refractivity contribution is -0.124. The van der Waals surface area contributed by atoms with E-state index in [1.165, 1.54) is 12.8 Å². The smallest absolute Gasteiger partial charge is 0.230 e. The quantitative estimate of drug-likeness (QED) is 0.921. The molecule has 2 aromatic rings. The van der Waals surface area contributed by atoms with Gasteiger partial charge in [-0.2, -0.15) is 0 Å². The maximum absolute atomic E-state index is 12.9. The average molecular weight is 345 g/mol. The highest BCUT2D eigenvalue weighted by atomic mass is 32.1. The zero-order chi connectivity index (χ0) is 16.5. The number of carbonyl (C=O) groups excluding carboxylic acids is 1. The monoisotopic (exact) mass is 345 g/mol. The second-order valence-electron chi connectivity index (χ2n) is 6.83. The second-order valence-corrected chi connectivity index (χ2v) is 7.80. The third-order valence-corrected chi connectivity index (χ3v) is 5.83. The number of rotatable bonds is 4. The van der Waals surface area contributed by atoms with Crippen molar-refractivity contribution in [2.24, 2.45) is 7.05 Å². The van der Waals surface area contributed by atoms with Crippen LogP contribution >= 0.6 is 11.3 Å². The van der Waals surface area contributed by atoms with Crippen LogP contribution in [0.15, 0.2) is 17.9 Å². The molecule has 1 atom stereocenters. The van der Waals surface area contributed by atoms with E-state index in [2.05, 4.69) is 20.2 Å². The fraction of sp³-hybridized carbons (Fsp3) is 0.588. The number of nitrogens with one attached hydrogen (secondary N) is 1. The summed E-state index contributed by atoms with van der Waals surface area (Å²) in [6, 6.07) is 0.350. The van der Waals surface area contributed by atoms with Crippen LogP contribution in [0.25, 0.3) is 0 Å². The first-order valence-corrected chi connectivity index (χ1v) is 9.50. The van der Waals surface area contributed by atoms with Gasteiger partial charge in [-0.1, -0.05) is 12.8 Å². The number of hydrogen-bond donors (Lipinski definition) is 1. The number of amides is 1. The van der Waals surface area contributed by atoms with Gasteiger partial charge in [-0.3, -0.25) is 9.69 Å². The first-order valence-electron chi connectivity index (χ1n) is 8.62. The molecule has 1 N–H and O–H groups in total. The van der Waals surface area contributed by atoms with Crippen LogP contribution in [0, 0.1) is 0 Å². The van der Waals surface area contributed by atoms with E-state index in [9.17, 15) is 4.79 Å². The van der Waals surface area contributed by atoms with Crippen LogP contribution in [-0.4, -0.2) is 37.9 Å². The highest BCUT2D eigenvalue weighted by Gasteiger charge is 2.35. The van der Waals surface area contributed by atoms with Crippen molar-refractivity contribution in [2.45, 2.75) is 50.7 Å². The normalized spacial score (nSPS) is 21.8. The second kappa shape index (κ2) is 6.64. The predicted molar refractivity (Wildman–Crippen MR) is 92.6 cm³/mol. The number of carbonyl (C=O) groups is 1. The van der Waals surface area contributed by atoms with Crippen LogP contribution in [0.4, 0.5) is 0 Å². The Hall–Kier alpha value is -1.73. The maximum atomic E-state index is 12.9. The molecule has 7 heteroatoms. The topological polar surface area (TPSA) is 63.1 Å². The summed E-state index contributed by atoms with van der Waals surface area (Å²) in [4.78, 5) is 24.1. The van der Waals surface area contributed by atoms with Gasteiger partial charge in [0.25, 0.3) is 0 Å². The van der Waals surface area contributed by atoms with Crippen molar-refractivity contribution in [3.63, 3.8) is 0 Å². The van der Waals surface area contributed by atoms with E-state index in [1.54, 1.807) is 11.3 Å². The van der Waals surface area contributed by atoms with E-state index in [1.807, 2.05) is 29.5 Å². The standard InChI is InChI=1S/C17H23N5OS/c1-21-11-19-14-9-22(10-15-18-6-7-24-15)8-13(16(14)21)17(23)20-12-4-2-3-5-12/h6-7,11-13H,2-5,8-10H2,1H3,(H,20,23). The third kappa shape index (κ3) is 3.10. The molecule has 0 saturated heterocycles. The van der Waals surface area contributed by atoms with Crippen LogP contribution < -0.4 is 5.32 Å². The van der Waals surface area contributed by atoms with E-state index in [0.29, 0.717) is 6.04 Å². The zero-order valence-electron chi connectivity index (χ0n) is 13.9. The van der Waals surface area contributed by atoms with Gasteiger partial charge in [0, 0.05) is 37.8 Å². The van der Waals surface area contributed by atoms with Crippen LogP contribution in [0.3, 0.4) is 0 Å². The molecule has 1 fully saturated rings. The number of aryl methyl sites for hydroxylation is 1. The highest BCUT2D eigenvalue weighted by Crippen LogP contribution is 2.29. The van der Waals surface area contributed by atoms with Crippen molar-refractivity contribution in [3.05, 3.63) is 34.3 Å². The molecule has 1 unspecified atom stereocenters. The Bertz CT molecular complexity index is 705. The lowest BCUT2D eigenvalue weighted by Crippen LogP contribution is -2.44. The van der Waals surface area contributed by atoms with Crippen molar-refractivity contribution in [1.29, 1.82) is 0 Å². The minimum Gasteiger partial charge on any atom is -0.353 e. The van der Waals surface area contributed by atoms with E-state index in [4.69, 9.17) is 0 Å². The van der Waals surface area contributed by atoms with Gasteiger partial charge >= 0.3 is 0 Å². The fourth-order valence-electron chi connectivity index (χ4n) is 3.90. The van der Waals surface area contributed by atoms with Gasteiger partial charge in [-0.05, 0) is 12.8 Å². The Balaban J connectivity index is 1.54. The number of fused-ring (bicyclic) bond motifs is 1. The third-order valence-electron chi connectivity index (χ3n) is 5.07. The molecule has 3 heterocycles. The van der Waals surface area contributed by atoms with Crippen molar-refractivity contribution < 1.29 is 4.79 Å². The van der Waals surface area contributed by atoms with E-state index in [0.717, 1.165) is 48.9 Å². The molecular weight excluding hydrogens is 322 g/mol. The molecule has 0 aromatic carbocycles. The summed E-state index contributed by atoms with van der Waals surface area (Å²) in [5.74, 6) is -0.00241. The summed E-state index contributed by atoms with van der Waals surface area (Å²) in [7, 11) is 1.98. The summed E-state index contributed by atoms with van der Waals surface area (Å²) < 4.78 is 2.01. The van der Waals surface area contributed by atoms with Gasteiger partial charge in [0.2, 0.25) is 5.91 Å². The molecule has 2 aromatic heterocycles. The average Bonchev–Trinajstić information content (AvgIpc) is 3.30. The Morgan fingerprint density at radius 1 is 1.38 bits per heavy atom. The maximum Gasteiger partial charge on any atom is 0.230 e. The van der Waals surface area contributed by atoms with Crippen LogP contribution in [0.1, 0.15) is 48.0 Å². The molecule has 0 bridgehead atoms. The molecule has 6 nitrogen and oxygen atoms in total. The van der Waals surface area contributed by atoms with Gasteiger partial charge in [0.15, 0.2) is 0 Å². The SMILES string of the molecule is Cn1cnc2c1C(C(=O)NC1CCCC1)CN(Cc1nccs1)C2. The number of nitrogens with zero attached hydrogens (tertiary/aromatic N) is 4. The molecule has 24 heavy (non-hydrogen) atoms. The molecule has 4 rings (SSSR count). The predicted octanol–water partition coefficient (Wildman–Crippen LogP) is 2.03. The molecular formula is C17H23N5OS. The van der Waals surface area contributed by atoms with Crippen molar-refractivity contribution >= 4 is 17.2 Å². The minimum absolute atomic E-state index is 0.149. The highest BCUT2D eigenvalue weighted by molar-refractivity contribution is 7.09. The molecule has 1 saturated carbocycles. The van der Waals surface area contributed by atoms with E-state index >= 15 is 0 Å². The summed E-state index contributed by atoms with van der Waals surface area (Å²) in [6.45, 7) is 2.29. The summed E-state index contributed by atoms with van der Waals surface area (Å²) in [6.07, 6.45) is 8.33.